The first-order valence-electron chi connectivity index (χ1n) is 8.56. The van der Waals surface area contributed by atoms with Crippen LogP contribution in [0.15, 0.2) is 24.1 Å². The lowest BCUT2D eigenvalue weighted by molar-refractivity contribution is -0.180. The van der Waals surface area contributed by atoms with E-state index in [0.717, 1.165) is 12.0 Å². The van der Waals surface area contributed by atoms with Gasteiger partial charge in [0.2, 0.25) is 6.29 Å². The molecule has 0 N–H and O–H groups in total. The Morgan fingerprint density at radius 3 is 2.27 bits per heavy atom. The molecule has 1 saturated heterocycles. The van der Waals surface area contributed by atoms with E-state index in [0.29, 0.717) is 19.1 Å². The van der Waals surface area contributed by atoms with Crippen molar-refractivity contribution in [3.8, 4) is 0 Å². The van der Waals surface area contributed by atoms with Gasteiger partial charge in [0.05, 0.1) is 13.2 Å². The van der Waals surface area contributed by atoms with Gasteiger partial charge in [-0.05, 0) is 43.6 Å². The van der Waals surface area contributed by atoms with E-state index in [4.69, 9.17) is 9.47 Å². The van der Waals surface area contributed by atoms with Gasteiger partial charge < -0.3 is 9.47 Å². The van der Waals surface area contributed by atoms with Crippen molar-refractivity contribution in [2.24, 2.45) is 17.8 Å². The van der Waals surface area contributed by atoms with Gasteiger partial charge in [0.25, 0.3) is 0 Å². The molecule has 0 spiro atoms. The number of ether oxygens (including phenoxy) is 2. The Bertz CT molecular complexity index is 365. The fraction of sp³-hybridized carbons (Fsp3) is 0.778. The normalized spacial score (nSPS) is 34.2. The monoisotopic (exact) mass is 314 g/mol. The topological polar surface area (TPSA) is 18.5 Å². The second-order valence-corrected chi connectivity index (χ2v) is 6.46. The second kappa shape index (κ2) is 9.41. The fourth-order valence-electron chi connectivity index (χ4n) is 3.35. The molecular formula is C18H28F2O2. The maximum atomic E-state index is 13.3. The first-order valence-corrected chi connectivity index (χ1v) is 8.56. The van der Waals surface area contributed by atoms with E-state index >= 15 is 0 Å². The summed E-state index contributed by atoms with van der Waals surface area (Å²) in [5.41, 5.74) is 0. The molecule has 126 valence electrons. The van der Waals surface area contributed by atoms with E-state index in [2.05, 4.69) is 19.1 Å². The van der Waals surface area contributed by atoms with Gasteiger partial charge in [0.1, 0.15) is 6.67 Å². The van der Waals surface area contributed by atoms with Gasteiger partial charge >= 0.3 is 0 Å². The quantitative estimate of drug-likeness (QED) is 0.645. The molecule has 0 bridgehead atoms. The van der Waals surface area contributed by atoms with Gasteiger partial charge in [0, 0.05) is 5.92 Å². The minimum absolute atomic E-state index is 0.169. The van der Waals surface area contributed by atoms with Crippen LogP contribution in [0.2, 0.25) is 0 Å². The molecule has 1 heterocycles. The van der Waals surface area contributed by atoms with E-state index in [9.17, 15) is 8.78 Å². The minimum atomic E-state index is -1.02. The van der Waals surface area contributed by atoms with Crippen LogP contribution < -0.4 is 0 Å². The van der Waals surface area contributed by atoms with E-state index in [1.165, 1.54) is 38.5 Å². The van der Waals surface area contributed by atoms with Crippen LogP contribution >= 0.6 is 0 Å². The van der Waals surface area contributed by atoms with Crippen LogP contribution in [-0.4, -0.2) is 26.2 Å². The molecule has 0 unspecified atom stereocenters. The number of hydrogen-bond acceptors (Lipinski definition) is 2. The van der Waals surface area contributed by atoms with Crippen LogP contribution in [0.25, 0.3) is 0 Å². The van der Waals surface area contributed by atoms with Gasteiger partial charge in [-0.1, -0.05) is 31.9 Å². The number of hydrogen-bond donors (Lipinski definition) is 0. The Hall–Kier alpha value is -0.740. The molecule has 2 nitrogen and oxygen atoms in total. The Kier molecular flexibility index (Phi) is 7.53. The van der Waals surface area contributed by atoms with Crippen molar-refractivity contribution in [3.05, 3.63) is 24.1 Å². The molecule has 1 aliphatic carbocycles. The van der Waals surface area contributed by atoms with Crippen molar-refractivity contribution in [3.63, 3.8) is 0 Å². The minimum Gasteiger partial charge on any atom is -0.346 e. The van der Waals surface area contributed by atoms with Crippen LogP contribution in [-0.2, 0) is 9.47 Å². The first kappa shape index (κ1) is 17.6. The molecular weight excluding hydrogens is 286 g/mol. The average Bonchev–Trinajstić information content (AvgIpc) is 2.55. The summed E-state index contributed by atoms with van der Waals surface area (Å²) in [7, 11) is 0. The average molecular weight is 314 g/mol. The lowest BCUT2D eigenvalue weighted by Gasteiger charge is -2.28. The zero-order valence-corrected chi connectivity index (χ0v) is 13.5. The van der Waals surface area contributed by atoms with E-state index < -0.39 is 18.8 Å². The lowest BCUT2D eigenvalue weighted by atomic mass is 9.80. The number of halogens is 2. The second-order valence-electron chi connectivity index (χ2n) is 6.46. The van der Waals surface area contributed by atoms with Gasteiger partial charge in [-0.2, -0.15) is 0 Å². The summed E-state index contributed by atoms with van der Waals surface area (Å²) in [6.07, 6.45) is 12.1. The van der Waals surface area contributed by atoms with Crippen molar-refractivity contribution >= 4 is 0 Å². The maximum Gasteiger partial charge on any atom is 0.210 e. The lowest BCUT2D eigenvalue weighted by Crippen LogP contribution is -2.31. The molecule has 0 atom stereocenters. The molecule has 2 rings (SSSR count). The van der Waals surface area contributed by atoms with Crippen molar-refractivity contribution in [2.75, 3.05) is 19.9 Å². The van der Waals surface area contributed by atoms with Crippen LogP contribution in [0.4, 0.5) is 8.78 Å². The summed E-state index contributed by atoms with van der Waals surface area (Å²) < 4.78 is 36.0. The largest absolute Gasteiger partial charge is 0.346 e. The zero-order chi connectivity index (χ0) is 15.8. The van der Waals surface area contributed by atoms with Crippen LogP contribution in [0.3, 0.4) is 0 Å². The third kappa shape index (κ3) is 5.47. The Balaban J connectivity index is 1.69. The highest BCUT2D eigenvalue weighted by Gasteiger charge is 2.24. The molecule has 0 amide bonds. The third-order valence-corrected chi connectivity index (χ3v) is 4.66. The van der Waals surface area contributed by atoms with Crippen LogP contribution in [0.1, 0.15) is 45.4 Å². The molecule has 4 heteroatoms. The predicted octanol–water partition coefficient (Wildman–Crippen LogP) is 4.96. The molecule has 0 radical (unpaired) electrons. The fourth-order valence-corrected chi connectivity index (χ4v) is 3.35. The SMILES string of the molecule is CCCC1CCC(/C=C/C2COC(/C(F)=C/CF)OC2)CC1. The van der Waals surface area contributed by atoms with Gasteiger partial charge in [-0.15, -0.1) is 0 Å². The summed E-state index contributed by atoms with van der Waals surface area (Å²) in [5, 5.41) is 0. The van der Waals surface area contributed by atoms with Crippen molar-refractivity contribution in [2.45, 2.75) is 51.7 Å². The number of rotatable bonds is 6. The standard InChI is InChI=1S/C18H28F2O2/c1-2-3-14-4-6-15(7-5-14)8-9-16-12-21-18(22-13-16)17(20)10-11-19/h8-10,14-16,18H,2-7,11-13H2,1H3/b9-8+,17-10-. The van der Waals surface area contributed by atoms with Gasteiger partial charge in [-0.25, -0.2) is 8.78 Å². The number of alkyl halides is 1. The van der Waals surface area contributed by atoms with Crippen molar-refractivity contribution in [1.29, 1.82) is 0 Å². The van der Waals surface area contributed by atoms with E-state index in [1.807, 2.05) is 0 Å². The summed E-state index contributed by atoms with van der Waals surface area (Å²) in [6, 6.07) is 0. The van der Waals surface area contributed by atoms with Crippen LogP contribution in [0, 0.1) is 17.8 Å². The van der Waals surface area contributed by atoms with E-state index in [1.54, 1.807) is 0 Å². The molecule has 2 fully saturated rings. The summed E-state index contributed by atoms with van der Waals surface area (Å²) in [6.45, 7) is 2.28. The Labute approximate surface area is 132 Å². The van der Waals surface area contributed by atoms with Gasteiger partial charge in [-0.3, -0.25) is 0 Å². The Morgan fingerprint density at radius 1 is 1.05 bits per heavy atom. The predicted molar refractivity (Wildman–Crippen MR) is 83.8 cm³/mol. The third-order valence-electron chi connectivity index (χ3n) is 4.66. The highest BCUT2D eigenvalue weighted by molar-refractivity contribution is 4.99. The molecule has 0 aromatic rings. The first-order chi connectivity index (χ1) is 10.7. The maximum absolute atomic E-state index is 13.3. The van der Waals surface area contributed by atoms with Gasteiger partial charge in [0.15, 0.2) is 5.83 Å². The molecule has 1 aliphatic heterocycles. The summed E-state index contributed by atoms with van der Waals surface area (Å²) in [4.78, 5) is 0. The number of allylic oxidation sites excluding steroid dienone is 2. The molecule has 0 aromatic heterocycles. The Morgan fingerprint density at radius 2 is 1.68 bits per heavy atom. The summed E-state index contributed by atoms with van der Waals surface area (Å²) in [5.74, 6) is 1.08. The smallest absolute Gasteiger partial charge is 0.210 e. The molecule has 1 saturated carbocycles. The zero-order valence-electron chi connectivity index (χ0n) is 13.5. The van der Waals surface area contributed by atoms with Crippen molar-refractivity contribution in [1.82, 2.24) is 0 Å². The highest BCUT2D eigenvalue weighted by Crippen LogP contribution is 2.32. The van der Waals surface area contributed by atoms with E-state index in [-0.39, 0.29) is 5.92 Å². The van der Waals surface area contributed by atoms with Crippen molar-refractivity contribution < 1.29 is 18.3 Å². The van der Waals surface area contributed by atoms with Crippen LogP contribution in [0.5, 0.6) is 0 Å². The molecule has 0 aromatic carbocycles. The summed E-state index contributed by atoms with van der Waals surface area (Å²) >= 11 is 0. The molecule has 2 aliphatic rings. The highest BCUT2D eigenvalue weighted by atomic mass is 19.1. The molecule has 22 heavy (non-hydrogen) atoms.